The van der Waals surface area contributed by atoms with Crippen LogP contribution in [-0.4, -0.2) is 18.2 Å². The molecule has 1 aromatic rings. The highest BCUT2D eigenvalue weighted by atomic mass is 16.5. The van der Waals surface area contributed by atoms with Gasteiger partial charge in [-0.15, -0.1) is 0 Å². The van der Waals surface area contributed by atoms with Crippen LogP contribution in [0.25, 0.3) is 0 Å². The van der Waals surface area contributed by atoms with Gasteiger partial charge in [-0.3, -0.25) is 4.79 Å². The van der Waals surface area contributed by atoms with Crippen LogP contribution in [0.1, 0.15) is 38.9 Å². The summed E-state index contributed by atoms with van der Waals surface area (Å²) >= 11 is 0. The van der Waals surface area contributed by atoms with Crippen molar-refractivity contribution in [3.63, 3.8) is 0 Å². The highest BCUT2D eigenvalue weighted by Crippen LogP contribution is 2.21. The summed E-state index contributed by atoms with van der Waals surface area (Å²) in [5.41, 5.74) is 0. The molecule has 0 spiro atoms. The summed E-state index contributed by atoms with van der Waals surface area (Å²) < 4.78 is 10.2. The third kappa shape index (κ3) is 5.44. The van der Waals surface area contributed by atoms with E-state index in [0.29, 0.717) is 6.42 Å². The molecular weight excluding hydrogens is 208 g/mol. The molecule has 1 heterocycles. The van der Waals surface area contributed by atoms with Crippen molar-refractivity contribution in [3.05, 3.63) is 18.1 Å². The fourth-order valence-corrected chi connectivity index (χ4v) is 1.25. The van der Waals surface area contributed by atoms with Crippen molar-refractivity contribution in [2.24, 2.45) is 0 Å². The SMILES string of the molecule is CC.COc1ccoc1CCCCC(=O)O. The first-order chi connectivity index (χ1) is 7.74. The second-order valence-corrected chi connectivity index (χ2v) is 3.01. The Bertz CT molecular complexity index is 291. The average Bonchev–Trinajstić information content (AvgIpc) is 2.74. The van der Waals surface area contributed by atoms with Gasteiger partial charge < -0.3 is 14.3 Å². The Kier molecular flexibility index (Phi) is 8.03. The number of methoxy groups -OCH3 is 1. The smallest absolute Gasteiger partial charge is 0.303 e. The molecule has 0 aliphatic rings. The molecule has 0 radical (unpaired) electrons. The molecule has 0 fully saturated rings. The van der Waals surface area contributed by atoms with Crippen LogP contribution in [0.4, 0.5) is 0 Å². The molecule has 1 aromatic heterocycles. The second kappa shape index (κ2) is 8.83. The lowest BCUT2D eigenvalue weighted by molar-refractivity contribution is -0.137. The average molecular weight is 228 g/mol. The zero-order valence-corrected chi connectivity index (χ0v) is 10.2. The lowest BCUT2D eigenvalue weighted by atomic mass is 10.1. The van der Waals surface area contributed by atoms with Crippen LogP contribution in [0.15, 0.2) is 16.7 Å². The molecule has 0 unspecified atom stereocenters. The van der Waals surface area contributed by atoms with Gasteiger partial charge in [0.15, 0.2) is 5.75 Å². The molecule has 16 heavy (non-hydrogen) atoms. The van der Waals surface area contributed by atoms with Crippen LogP contribution in [-0.2, 0) is 11.2 Å². The summed E-state index contributed by atoms with van der Waals surface area (Å²) in [6.07, 6.45) is 3.98. The van der Waals surface area contributed by atoms with E-state index in [9.17, 15) is 4.79 Å². The Balaban J connectivity index is 0.00000106. The normalized spacial score (nSPS) is 9.19. The predicted octanol–water partition coefficient (Wildman–Crippen LogP) is 3.11. The van der Waals surface area contributed by atoms with Gasteiger partial charge in [0.2, 0.25) is 0 Å². The maximum atomic E-state index is 10.2. The first-order valence-electron chi connectivity index (χ1n) is 5.56. The van der Waals surface area contributed by atoms with Crippen molar-refractivity contribution in [3.8, 4) is 5.75 Å². The number of aryl methyl sites for hydroxylation is 1. The van der Waals surface area contributed by atoms with Gasteiger partial charge in [0.1, 0.15) is 5.76 Å². The summed E-state index contributed by atoms with van der Waals surface area (Å²) in [4.78, 5) is 10.2. The monoisotopic (exact) mass is 228 g/mol. The van der Waals surface area contributed by atoms with Crippen molar-refractivity contribution in [2.45, 2.75) is 39.5 Å². The zero-order valence-electron chi connectivity index (χ0n) is 10.2. The van der Waals surface area contributed by atoms with Crippen molar-refractivity contribution < 1.29 is 19.1 Å². The largest absolute Gasteiger partial charge is 0.493 e. The van der Waals surface area contributed by atoms with Gasteiger partial charge >= 0.3 is 5.97 Å². The quantitative estimate of drug-likeness (QED) is 0.760. The van der Waals surface area contributed by atoms with Crippen LogP contribution in [0.5, 0.6) is 5.75 Å². The number of carboxylic acids is 1. The minimum absolute atomic E-state index is 0.211. The van der Waals surface area contributed by atoms with Gasteiger partial charge in [-0.05, 0) is 12.8 Å². The molecule has 4 nitrogen and oxygen atoms in total. The summed E-state index contributed by atoms with van der Waals surface area (Å²) in [6.45, 7) is 4.00. The van der Waals surface area contributed by atoms with E-state index in [2.05, 4.69) is 0 Å². The maximum absolute atomic E-state index is 10.2. The van der Waals surface area contributed by atoms with Crippen LogP contribution < -0.4 is 4.74 Å². The van der Waals surface area contributed by atoms with Crippen molar-refractivity contribution in [2.75, 3.05) is 7.11 Å². The van der Waals surface area contributed by atoms with E-state index in [1.165, 1.54) is 0 Å². The standard InChI is InChI=1S/C10H14O4.C2H6/c1-13-8-6-7-14-9(8)4-2-3-5-10(11)12;1-2/h6-7H,2-5H2,1H3,(H,11,12);1-2H3. The Morgan fingerprint density at radius 2 is 2.12 bits per heavy atom. The van der Waals surface area contributed by atoms with E-state index in [-0.39, 0.29) is 6.42 Å². The van der Waals surface area contributed by atoms with Gasteiger partial charge in [-0.2, -0.15) is 0 Å². The number of carbonyl (C=O) groups is 1. The molecule has 0 saturated heterocycles. The number of furan rings is 1. The van der Waals surface area contributed by atoms with Gasteiger partial charge in [0, 0.05) is 18.9 Å². The maximum Gasteiger partial charge on any atom is 0.303 e. The van der Waals surface area contributed by atoms with Gasteiger partial charge in [0.25, 0.3) is 0 Å². The van der Waals surface area contributed by atoms with Crippen LogP contribution in [0, 0.1) is 0 Å². The van der Waals surface area contributed by atoms with Crippen molar-refractivity contribution in [1.29, 1.82) is 0 Å². The van der Waals surface area contributed by atoms with Crippen molar-refractivity contribution in [1.82, 2.24) is 0 Å². The Hall–Kier alpha value is -1.45. The minimum Gasteiger partial charge on any atom is -0.493 e. The molecule has 0 bridgehead atoms. The molecule has 0 saturated carbocycles. The lowest BCUT2D eigenvalue weighted by Gasteiger charge is -2.00. The fourth-order valence-electron chi connectivity index (χ4n) is 1.25. The van der Waals surface area contributed by atoms with Gasteiger partial charge in [0.05, 0.1) is 13.4 Å². The third-order valence-corrected chi connectivity index (χ3v) is 1.97. The van der Waals surface area contributed by atoms with E-state index in [0.717, 1.165) is 24.4 Å². The summed E-state index contributed by atoms with van der Waals surface area (Å²) in [7, 11) is 1.59. The zero-order chi connectivity index (χ0) is 12.4. The number of ether oxygens (including phenoxy) is 1. The first-order valence-corrected chi connectivity index (χ1v) is 5.56. The van der Waals surface area contributed by atoms with E-state index in [4.69, 9.17) is 14.3 Å². The van der Waals surface area contributed by atoms with Crippen molar-refractivity contribution >= 4 is 5.97 Å². The molecular formula is C12H20O4. The van der Waals surface area contributed by atoms with E-state index in [1.54, 1.807) is 19.4 Å². The molecule has 1 N–H and O–H groups in total. The molecule has 0 atom stereocenters. The number of hydrogen-bond acceptors (Lipinski definition) is 3. The number of rotatable bonds is 6. The molecule has 1 rings (SSSR count). The number of aliphatic carboxylic acids is 1. The van der Waals surface area contributed by atoms with Crippen LogP contribution in [0.2, 0.25) is 0 Å². The summed E-state index contributed by atoms with van der Waals surface area (Å²) in [5, 5.41) is 8.42. The Morgan fingerprint density at radius 1 is 1.44 bits per heavy atom. The molecule has 0 aliphatic heterocycles. The first kappa shape index (κ1) is 14.6. The Labute approximate surface area is 96.2 Å². The molecule has 4 heteroatoms. The number of carboxylic acid groups (broad SMARTS) is 1. The lowest BCUT2D eigenvalue weighted by Crippen LogP contribution is -1.95. The molecule has 0 aliphatic carbocycles. The predicted molar refractivity (Wildman–Crippen MR) is 61.8 cm³/mol. The van der Waals surface area contributed by atoms with E-state index < -0.39 is 5.97 Å². The van der Waals surface area contributed by atoms with Gasteiger partial charge in [-0.1, -0.05) is 13.8 Å². The molecule has 0 amide bonds. The topological polar surface area (TPSA) is 59.7 Å². The highest BCUT2D eigenvalue weighted by molar-refractivity contribution is 5.66. The summed E-state index contributed by atoms with van der Waals surface area (Å²) in [5.74, 6) is 0.773. The minimum atomic E-state index is -0.753. The van der Waals surface area contributed by atoms with Gasteiger partial charge in [-0.25, -0.2) is 0 Å². The second-order valence-electron chi connectivity index (χ2n) is 3.01. The highest BCUT2D eigenvalue weighted by Gasteiger charge is 2.06. The fraction of sp³-hybridized carbons (Fsp3) is 0.583. The number of unbranched alkanes of at least 4 members (excludes halogenated alkanes) is 1. The van der Waals surface area contributed by atoms with E-state index in [1.807, 2.05) is 13.8 Å². The number of hydrogen-bond donors (Lipinski definition) is 1. The molecule has 0 aromatic carbocycles. The third-order valence-electron chi connectivity index (χ3n) is 1.97. The Morgan fingerprint density at radius 3 is 2.69 bits per heavy atom. The summed E-state index contributed by atoms with van der Waals surface area (Å²) in [6, 6.07) is 1.76. The van der Waals surface area contributed by atoms with E-state index >= 15 is 0 Å². The molecule has 92 valence electrons. The van der Waals surface area contributed by atoms with Crippen LogP contribution >= 0.6 is 0 Å². The van der Waals surface area contributed by atoms with Crippen LogP contribution in [0.3, 0.4) is 0 Å².